The Balaban J connectivity index is 1.67. The van der Waals surface area contributed by atoms with E-state index in [2.05, 4.69) is 15.2 Å². The standard InChI is InChI=1S/C19H21N3O5S/c1-3-10-20-28(24,25)16-7-4-14(5-8-16)13(2)21-22-19(23)15-6-9-17-18(11-15)27-12-26-17/h4-9,11,20H,3,10,12H2,1-2H3,(H,22,23)/b21-13-. The van der Waals surface area contributed by atoms with Crippen LogP contribution in [0.3, 0.4) is 0 Å². The van der Waals surface area contributed by atoms with Crippen molar-refractivity contribution in [1.82, 2.24) is 10.1 Å². The number of benzene rings is 2. The van der Waals surface area contributed by atoms with Crippen molar-refractivity contribution in [3.63, 3.8) is 0 Å². The molecule has 1 aliphatic rings. The Morgan fingerprint density at radius 1 is 1.07 bits per heavy atom. The molecule has 1 aliphatic heterocycles. The number of nitrogens with zero attached hydrogens (tertiary/aromatic N) is 1. The summed E-state index contributed by atoms with van der Waals surface area (Å²) in [5.74, 6) is 0.724. The Bertz CT molecular complexity index is 1000. The maximum absolute atomic E-state index is 12.3. The Morgan fingerprint density at radius 2 is 1.75 bits per heavy atom. The topological polar surface area (TPSA) is 106 Å². The minimum Gasteiger partial charge on any atom is -0.454 e. The molecule has 2 aromatic rings. The van der Waals surface area contributed by atoms with Crippen LogP contribution in [0.2, 0.25) is 0 Å². The van der Waals surface area contributed by atoms with Gasteiger partial charge in [-0.05, 0) is 49.2 Å². The Labute approximate surface area is 163 Å². The van der Waals surface area contributed by atoms with Crippen LogP contribution in [0.15, 0.2) is 52.5 Å². The van der Waals surface area contributed by atoms with Crippen molar-refractivity contribution in [2.45, 2.75) is 25.2 Å². The average Bonchev–Trinajstić information content (AvgIpc) is 3.18. The number of carbonyl (C=O) groups is 1. The van der Waals surface area contributed by atoms with Crippen LogP contribution in [0.1, 0.15) is 36.2 Å². The minimum atomic E-state index is -3.51. The highest BCUT2D eigenvalue weighted by Crippen LogP contribution is 2.32. The van der Waals surface area contributed by atoms with E-state index in [1.807, 2.05) is 6.92 Å². The van der Waals surface area contributed by atoms with Crippen molar-refractivity contribution < 1.29 is 22.7 Å². The van der Waals surface area contributed by atoms with Gasteiger partial charge in [-0.2, -0.15) is 5.10 Å². The quantitative estimate of drug-likeness (QED) is 0.545. The number of hydrazone groups is 1. The monoisotopic (exact) mass is 403 g/mol. The second-order valence-electron chi connectivity index (χ2n) is 6.13. The molecule has 0 saturated carbocycles. The lowest BCUT2D eigenvalue weighted by atomic mass is 10.1. The van der Waals surface area contributed by atoms with E-state index in [4.69, 9.17) is 9.47 Å². The molecule has 0 spiro atoms. The van der Waals surface area contributed by atoms with Gasteiger partial charge < -0.3 is 9.47 Å². The first kappa shape index (κ1) is 19.8. The van der Waals surface area contributed by atoms with Crippen molar-refractivity contribution in [2.75, 3.05) is 13.3 Å². The highest BCUT2D eigenvalue weighted by Gasteiger charge is 2.16. The summed E-state index contributed by atoms with van der Waals surface area (Å²) >= 11 is 0. The Morgan fingerprint density at radius 3 is 2.46 bits per heavy atom. The van der Waals surface area contributed by atoms with Gasteiger partial charge in [-0.3, -0.25) is 4.79 Å². The molecule has 1 amide bonds. The van der Waals surface area contributed by atoms with Gasteiger partial charge in [-0.15, -0.1) is 0 Å². The molecule has 0 radical (unpaired) electrons. The molecule has 0 fully saturated rings. The first-order valence-electron chi connectivity index (χ1n) is 8.75. The second kappa shape index (κ2) is 8.41. The molecule has 0 unspecified atom stereocenters. The van der Waals surface area contributed by atoms with Crippen LogP contribution < -0.4 is 19.6 Å². The third kappa shape index (κ3) is 4.49. The SMILES string of the molecule is CCCNS(=O)(=O)c1ccc(/C(C)=N\NC(=O)c2ccc3c(c2)OCO3)cc1. The summed E-state index contributed by atoms with van der Waals surface area (Å²) in [5.41, 5.74) is 4.11. The lowest BCUT2D eigenvalue weighted by Gasteiger charge is -2.07. The fraction of sp³-hybridized carbons (Fsp3) is 0.263. The van der Waals surface area contributed by atoms with E-state index in [-0.39, 0.29) is 17.6 Å². The number of amides is 1. The molecule has 3 rings (SSSR count). The fourth-order valence-corrected chi connectivity index (χ4v) is 3.63. The third-order valence-electron chi connectivity index (χ3n) is 4.08. The Hall–Kier alpha value is -2.91. The summed E-state index contributed by atoms with van der Waals surface area (Å²) in [6, 6.07) is 11.2. The molecule has 9 heteroatoms. The van der Waals surface area contributed by atoms with Crippen LogP contribution in [0.4, 0.5) is 0 Å². The molecular formula is C19H21N3O5S. The Kier molecular flexibility index (Phi) is 5.96. The molecule has 2 aromatic carbocycles. The molecule has 2 N–H and O–H groups in total. The van der Waals surface area contributed by atoms with E-state index in [1.165, 1.54) is 12.1 Å². The second-order valence-corrected chi connectivity index (χ2v) is 7.90. The van der Waals surface area contributed by atoms with E-state index in [0.29, 0.717) is 41.3 Å². The molecule has 28 heavy (non-hydrogen) atoms. The molecule has 1 heterocycles. The lowest BCUT2D eigenvalue weighted by molar-refractivity contribution is 0.0954. The zero-order chi connectivity index (χ0) is 20.1. The van der Waals surface area contributed by atoms with E-state index in [0.717, 1.165) is 0 Å². The predicted molar refractivity (Wildman–Crippen MR) is 104 cm³/mol. The van der Waals surface area contributed by atoms with Crippen LogP contribution >= 0.6 is 0 Å². The first-order valence-corrected chi connectivity index (χ1v) is 10.2. The van der Waals surface area contributed by atoms with Crippen molar-refractivity contribution in [3.05, 3.63) is 53.6 Å². The van der Waals surface area contributed by atoms with Gasteiger partial charge in [0, 0.05) is 12.1 Å². The zero-order valence-electron chi connectivity index (χ0n) is 15.6. The summed E-state index contributed by atoms with van der Waals surface area (Å²) in [6.07, 6.45) is 0.714. The van der Waals surface area contributed by atoms with E-state index >= 15 is 0 Å². The van der Waals surface area contributed by atoms with Gasteiger partial charge in [0.05, 0.1) is 10.6 Å². The van der Waals surface area contributed by atoms with Crippen molar-refractivity contribution in [1.29, 1.82) is 0 Å². The number of sulfonamides is 1. The number of ether oxygens (including phenoxy) is 2. The van der Waals surface area contributed by atoms with Gasteiger partial charge in [0.15, 0.2) is 11.5 Å². The van der Waals surface area contributed by atoms with Crippen molar-refractivity contribution in [3.8, 4) is 11.5 Å². The van der Waals surface area contributed by atoms with E-state index in [9.17, 15) is 13.2 Å². The normalized spacial score (nSPS) is 13.4. The smallest absolute Gasteiger partial charge is 0.271 e. The van der Waals surface area contributed by atoms with Gasteiger partial charge >= 0.3 is 0 Å². The van der Waals surface area contributed by atoms with Gasteiger partial charge in [0.25, 0.3) is 5.91 Å². The number of hydrogen-bond acceptors (Lipinski definition) is 6. The van der Waals surface area contributed by atoms with Crippen molar-refractivity contribution >= 4 is 21.6 Å². The summed E-state index contributed by atoms with van der Waals surface area (Å²) in [5, 5.41) is 4.09. The van der Waals surface area contributed by atoms with Crippen LogP contribution in [-0.4, -0.2) is 33.4 Å². The maximum Gasteiger partial charge on any atom is 0.271 e. The maximum atomic E-state index is 12.3. The molecule has 0 atom stereocenters. The highest BCUT2D eigenvalue weighted by atomic mass is 32.2. The average molecular weight is 403 g/mol. The van der Waals surface area contributed by atoms with Crippen LogP contribution in [-0.2, 0) is 10.0 Å². The van der Waals surface area contributed by atoms with E-state index < -0.39 is 10.0 Å². The molecule has 0 aliphatic carbocycles. The number of fused-ring (bicyclic) bond motifs is 1. The fourth-order valence-electron chi connectivity index (χ4n) is 2.50. The van der Waals surface area contributed by atoms with Crippen LogP contribution in [0.25, 0.3) is 0 Å². The summed E-state index contributed by atoms with van der Waals surface area (Å²) in [4.78, 5) is 12.4. The van der Waals surface area contributed by atoms with Gasteiger partial charge in [0.2, 0.25) is 16.8 Å². The number of rotatable bonds is 7. The number of nitrogens with one attached hydrogen (secondary N) is 2. The van der Waals surface area contributed by atoms with Gasteiger partial charge in [-0.25, -0.2) is 18.6 Å². The van der Waals surface area contributed by atoms with E-state index in [1.54, 1.807) is 37.3 Å². The molecule has 8 nitrogen and oxygen atoms in total. The summed E-state index contributed by atoms with van der Waals surface area (Å²) in [6.45, 7) is 4.13. The van der Waals surface area contributed by atoms with Gasteiger partial charge in [-0.1, -0.05) is 19.1 Å². The molecule has 0 bridgehead atoms. The van der Waals surface area contributed by atoms with Crippen LogP contribution in [0, 0.1) is 0 Å². The zero-order valence-corrected chi connectivity index (χ0v) is 16.4. The largest absolute Gasteiger partial charge is 0.454 e. The minimum absolute atomic E-state index is 0.136. The molecular weight excluding hydrogens is 382 g/mol. The number of carbonyl (C=O) groups excluding carboxylic acids is 1. The first-order chi connectivity index (χ1) is 13.4. The molecule has 148 valence electrons. The highest BCUT2D eigenvalue weighted by molar-refractivity contribution is 7.89. The molecule has 0 aromatic heterocycles. The van der Waals surface area contributed by atoms with Crippen molar-refractivity contribution in [2.24, 2.45) is 5.10 Å². The number of hydrogen-bond donors (Lipinski definition) is 2. The summed E-state index contributed by atoms with van der Waals surface area (Å²) in [7, 11) is -3.51. The lowest BCUT2D eigenvalue weighted by Crippen LogP contribution is -2.24. The summed E-state index contributed by atoms with van der Waals surface area (Å²) < 4.78 is 37.2. The molecule has 0 saturated heterocycles. The predicted octanol–water partition coefficient (Wildman–Crippen LogP) is 2.26. The third-order valence-corrected chi connectivity index (χ3v) is 5.56. The van der Waals surface area contributed by atoms with Crippen LogP contribution in [0.5, 0.6) is 11.5 Å². The van der Waals surface area contributed by atoms with Gasteiger partial charge in [0.1, 0.15) is 0 Å².